The predicted octanol–water partition coefficient (Wildman–Crippen LogP) is 3.49. The normalized spacial score (nSPS) is 10.3. The fourth-order valence-corrected chi connectivity index (χ4v) is 2.49. The summed E-state index contributed by atoms with van der Waals surface area (Å²) < 4.78 is 0. The molecule has 0 spiro atoms. The van der Waals surface area contributed by atoms with Gasteiger partial charge in [-0.3, -0.25) is 14.9 Å². The van der Waals surface area contributed by atoms with Crippen LogP contribution in [0.2, 0.25) is 5.02 Å². The molecule has 0 saturated carbocycles. The van der Waals surface area contributed by atoms with Crippen LogP contribution in [0, 0.1) is 17.0 Å². The summed E-state index contributed by atoms with van der Waals surface area (Å²) in [5.74, 6) is 0. The third-order valence-corrected chi connectivity index (χ3v) is 3.69. The summed E-state index contributed by atoms with van der Waals surface area (Å²) in [5.41, 5.74) is 0.759. The van der Waals surface area contributed by atoms with Crippen molar-refractivity contribution >= 4 is 34.9 Å². The number of hydrogen-bond acceptors (Lipinski definition) is 5. The van der Waals surface area contributed by atoms with Crippen molar-refractivity contribution in [2.45, 2.75) is 6.92 Å². The monoisotopic (exact) mass is 282 g/mol. The smallest absolute Gasteiger partial charge is 0.288 e. The van der Waals surface area contributed by atoms with Crippen molar-refractivity contribution in [1.82, 2.24) is 4.98 Å². The highest BCUT2D eigenvalue weighted by Crippen LogP contribution is 2.33. The molecular formula is C11H7ClN2O3S. The predicted molar refractivity (Wildman–Crippen MR) is 69.3 cm³/mol. The maximum absolute atomic E-state index is 10.8. The molecule has 18 heavy (non-hydrogen) atoms. The molecular weight excluding hydrogens is 276 g/mol. The van der Waals surface area contributed by atoms with Crippen LogP contribution >= 0.6 is 22.9 Å². The van der Waals surface area contributed by atoms with Crippen LogP contribution < -0.4 is 0 Å². The standard InChI is InChI=1S/C11H7ClN2O3S/c1-6-9(5-15)13-11(18-6)7-2-3-8(12)10(4-7)14(16)17/h2-5H,1H3. The second-order valence-corrected chi connectivity index (χ2v) is 5.11. The van der Waals surface area contributed by atoms with Gasteiger partial charge in [0.2, 0.25) is 0 Å². The Bertz CT molecular complexity index is 639. The molecule has 0 aliphatic heterocycles. The maximum atomic E-state index is 10.8. The number of hydrogen-bond donors (Lipinski definition) is 0. The van der Waals surface area contributed by atoms with Gasteiger partial charge in [-0.1, -0.05) is 11.6 Å². The molecule has 0 fully saturated rings. The highest BCUT2D eigenvalue weighted by atomic mass is 35.5. The largest absolute Gasteiger partial charge is 0.296 e. The molecule has 0 atom stereocenters. The molecule has 1 aromatic carbocycles. The lowest BCUT2D eigenvalue weighted by molar-refractivity contribution is -0.384. The van der Waals surface area contributed by atoms with Gasteiger partial charge in [0, 0.05) is 16.5 Å². The van der Waals surface area contributed by atoms with Gasteiger partial charge in [0.1, 0.15) is 15.7 Å². The van der Waals surface area contributed by atoms with Gasteiger partial charge in [0.25, 0.3) is 5.69 Å². The number of halogens is 1. The van der Waals surface area contributed by atoms with Crippen molar-refractivity contribution in [3.63, 3.8) is 0 Å². The molecule has 92 valence electrons. The fourth-order valence-electron chi connectivity index (χ4n) is 1.43. The number of aryl methyl sites for hydroxylation is 1. The van der Waals surface area contributed by atoms with E-state index in [1.165, 1.54) is 23.5 Å². The van der Waals surface area contributed by atoms with Crippen molar-refractivity contribution in [3.05, 3.63) is 43.9 Å². The van der Waals surface area contributed by atoms with Crippen LogP contribution in [0.1, 0.15) is 15.4 Å². The number of carbonyl (C=O) groups excluding carboxylic acids is 1. The van der Waals surface area contributed by atoms with Crippen LogP contribution in [0.25, 0.3) is 10.6 Å². The number of rotatable bonds is 3. The number of nitro benzene ring substituents is 1. The molecule has 1 heterocycles. The van der Waals surface area contributed by atoms with Crippen LogP contribution in [0.4, 0.5) is 5.69 Å². The number of benzene rings is 1. The molecule has 0 unspecified atom stereocenters. The second kappa shape index (κ2) is 4.83. The van der Waals surface area contributed by atoms with Gasteiger partial charge in [-0.15, -0.1) is 11.3 Å². The number of carbonyl (C=O) groups is 1. The maximum Gasteiger partial charge on any atom is 0.288 e. The van der Waals surface area contributed by atoms with E-state index < -0.39 is 4.92 Å². The van der Waals surface area contributed by atoms with Crippen LogP contribution in [0.5, 0.6) is 0 Å². The summed E-state index contributed by atoms with van der Waals surface area (Å²) in [6, 6.07) is 4.45. The number of aromatic nitrogens is 1. The van der Waals surface area contributed by atoms with E-state index in [0.29, 0.717) is 22.6 Å². The van der Waals surface area contributed by atoms with Crippen LogP contribution in [0.15, 0.2) is 18.2 Å². The number of nitro groups is 1. The molecule has 0 bridgehead atoms. The topological polar surface area (TPSA) is 73.1 Å². The SMILES string of the molecule is Cc1sc(-c2ccc(Cl)c([N+](=O)[O-])c2)nc1C=O. The summed E-state index contributed by atoms with van der Waals surface area (Å²) in [6.07, 6.45) is 0.666. The highest BCUT2D eigenvalue weighted by Gasteiger charge is 2.16. The first-order valence-corrected chi connectivity index (χ1v) is 6.09. The Hall–Kier alpha value is -1.79. The zero-order valence-corrected chi connectivity index (χ0v) is 10.8. The molecule has 0 saturated heterocycles. The van der Waals surface area contributed by atoms with Crippen molar-refractivity contribution in [1.29, 1.82) is 0 Å². The van der Waals surface area contributed by atoms with E-state index in [9.17, 15) is 14.9 Å². The molecule has 2 rings (SSSR count). The first-order valence-electron chi connectivity index (χ1n) is 4.90. The van der Waals surface area contributed by atoms with E-state index in [2.05, 4.69) is 4.98 Å². The van der Waals surface area contributed by atoms with Gasteiger partial charge in [-0.25, -0.2) is 4.98 Å². The Morgan fingerprint density at radius 2 is 2.22 bits per heavy atom. The quantitative estimate of drug-likeness (QED) is 0.491. The van der Waals surface area contributed by atoms with E-state index in [-0.39, 0.29) is 10.7 Å². The minimum atomic E-state index is -0.549. The number of thiazole rings is 1. The summed E-state index contributed by atoms with van der Waals surface area (Å²) in [4.78, 5) is 25.8. The Balaban J connectivity index is 2.53. The van der Waals surface area contributed by atoms with Crippen LogP contribution in [0.3, 0.4) is 0 Å². The van der Waals surface area contributed by atoms with E-state index in [4.69, 9.17) is 11.6 Å². The Morgan fingerprint density at radius 1 is 1.50 bits per heavy atom. The molecule has 7 heteroatoms. The van der Waals surface area contributed by atoms with E-state index in [1.807, 2.05) is 0 Å². The first-order chi connectivity index (χ1) is 8.52. The Kier molecular flexibility index (Phi) is 3.40. The van der Waals surface area contributed by atoms with Gasteiger partial charge >= 0.3 is 0 Å². The zero-order chi connectivity index (χ0) is 13.3. The number of nitrogens with zero attached hydrogens (tertiary/aromatic N) is 2. The summed E-state index contributed by atoms with van der Waals surface area (Å²) in [6.45, 7) is 1.77. The third kappa shape index (κ3) is 2.25. The average molecular weight is 283 g/mol. The van der Waals surface area contributed by atoms with Crippen LogP contribution in [-0.4, -0.2) is 16.2 Å². The average Bonchev–Trinajstić information content (AvgIpc) is 2.70. The lowest BCUT2D eigenvalue weighted by atomic mass is 10.2. The summed E-state index contributed by atoms with van der Waals surface area (Å²) in [5, 5.41) is 11.4. The fraction of sp³-hybridized carbons (Fsp3) is 0.0909. The highest BCUT2D eigenvalue weighted by molar-refractivity contribution is 7.15. The second-order valence-electron chi connectivity index (χ2n) is 3.50. The van der Waals surface area contributed by atoms with Crippen molar-refractivity contribution in [3.8, 4) is 10.6 Å². The van der Waals surface area contributed by atoms with E-state index in [0.717, 1.165) is 4.88 Å². The van der Waals surface area contributed by atoms with Crippen LogP contribution in [-0.2, 0) is 0 Å². The van der Waals surface area contributed by atoms with Gasteiger partial charge in [-0.2, -0.15) is 0 Å². The van der Waals surface area contributed by atoms with Crippen molar-refractivity contribution in [2.24, 2.45) is 0 Å². The lowest BCUT2D eigenvalue weighted by Gasteiger charge is -1.98. The molecule has 5 nitrogen and oxygen atoms in total. The van der Waals surface area contributed by atoms with Crippen molar-refractivity contribution < 1.29 is 9.72 Å². The minimum Gasteiger partial charge on any atom is -0.296 e. The van der Waals surface area contributed by atoms with Crippen molar-refractivity contribution in [2.75, 3.05) is 0 Å². The van der Waals surface area contributed by atoms with Gasteiger partial charge < -0.3 is 0 Å². The summed E-state index contributed by atoms with van der Waals surface area (Å²) >= 11 is 7.04. The molecule has 1 aromatic heterocycles. The van der Waals surface area contributed by atoms with E-state index >= 15 is 0 Å². The molecule has 0 amide bonds. The molecule has 2 aromatic rings. The van der Waals surface area contributed by atoms with Gasteiger partial charge in [0.05, 0.1) is 4.92 Å². The van der Waals surface area contributed by atoms with E-state index in [1.54, 1.807) is 13.0 Å². The molecule has 0 N–H and O–H groups in total. The Labute approximate surface area is 111 Å². The third-order valence-electron chi connectivity index (χ3n) is 2.33. The lowest BCUT2D eigenvalue weighted by Crippen LogP contribution is -1.90. The molecule has 0 aliphatic rings. The van der Waals surface area contributed by atoms with Gasteiger partial charge in [0.15, 0.2) is 6.29 Å². The zero-order valence-electron chi connectivity index (χ0n) is 9.21. The molecule has 0 radical (unpaired) electrons. The first kappa shape index (κ1) is 12.7. The minimum absolute atomic E-state index is 0.0765. The Morgan fingerprint density at radius 3 is 2.78 bits per heavy atom. The molecule has 0 aliphatic carbocycles. The summed E-state index contributed by atoms with van der Waals surface area (Å²) in [7, 11) is 0. The number of aldehydes is 1. The van der Waals surface area contributed by atoms with Gasteiger partial charge in [-0.05, 0) is 19.1 Å².